The molecule has 0 unspecified atom stereocenters. The van der Waals surface area contributed by atoms with Crippen LogP contribution in [0.25, 0.3) is 203 Å². The van der Waals surface area contributed by atoms with E-state index in [0.29, 0.717) is 114 Å². The molecule has 6 aromatic heterocycles. The summed E-state index contributed by atoms with van der Waals surface area (Å²) >= 11 is 0. The van der Waals surface area contributed by atoms with Gasteiger partial charge in [-0.15, -0.1) is 0 Å². The lowest BCUT2D eigenvalue weighted by atomic mass is 9.99. The highest BCUT2D eigenvalue weighted by Crippen LogP contribution is 2.45. The number of halogens is 2. The van der Waals surface area contributed by atoms with Gasteiger partial charge < -0.3 is 9.13 Å². The lowest BCUT2D eigenvalue weighted by molar-refractivity contribution is 0.589. The van der Waals surface area contributed by atoms with E-state index in [1.165, 1.54) is 18.2 Å². The molecular weight excluding hydrogens is 1410 g/mol. The maximum Gasteiger partial charge on any atom is 0.164 e. The normalized spacial score (nSPS) is 11.4. The molecule has 534 valence electrons. The van der Waals surface area contributed by atoms with Crippen molar-refractivity contribution in [3.05, 3.63) is 363 Å². The van der Waals surface area contributed by atoms with Crippen molar-refractivity contribution in [2.75, 3.05) is 0 Å². The van der Waals surface area contributed by atoms with Crippen LogP contribution in [0.3, 0.4) is 0 Å². The maximum absolute atomic E-state index is 17.5. The molecule has 0 amide bonds. The first kappa shape index (κ1) is 67.4. The zero-order valence-electron chi connectivity index (χ0n) is 60.4. The first-order valence-electron chi connectivity index (χ1n) is 36.9. The van der Waals surface area contributed by atoms with Gasteiger partial charge in [0.1, 0.15) is 23.3 Å². The largest absolute Gasteiger partial charge is 0.308 e. The Kier molecular flexibility index (Phi) is 16.9. The zero-order valence-corrected chi connectivity index (χ0v) is 60.4. The van der Waals surface area contributed by atoms with Crippen molar-refractivity contribution in [2.45, 2.75) is 0 Å². The highest BCUT2D eigenvalue weighted by molar-refractivity contribution is 6.13. The number of fused-ring (bicyclic) bond motifs is 6. The number of rotatable bonds is 15. The van der Waals surface area contributed by atoms with Crippen molar-refractivity contribution in [3.8, 4) is 165 Å². The van der Waals surface area contributed by atoms with Gasteiger partial charge in [0.15, 0.2) is 69.9 Å². The third kappa shape index (κ3) is 12.5. The lowest BCUT2D eigenvalue weighted by Crippen LogP contribution is -2.07. The van der Waals surface area contributed by atoms with Crippen LogP contribution in [0.1, 0.15) is 5.56 Å². The molecule has 114 heavy (non-hydrogen) atoms. The molecule has 20 rings (SSSR count). The number of nitrogens with zero attached hydrogens (tertiary/aromatic N) is 15. The number of hydrogen-bond donors (Lipinski definition) is 0. The molecule has 14 aromatic carbocycles. The first-order valence-corrected chi connectivity index (χ1v) is 36.9. The number of hydrogen-bond acceptors (Lipinski definition) is 13. The van der Waals surface area contributed by atoms with Gasteiger partial charge in [0.2, 0.25) is 0 Å². The standard InChI is InChI=1S/C97H57F2N15/c98-77-42-25-43-78(99)85(77)71-56-83(113-79-52-67(94-105-86(59-26-9-1-10-27-59)101-87(106-94)60-28-11-2-12-29-60)44-48-72(79)73-49-45-68(53-80(73)113)95-107-88(61-30-13-3-14-31-61)102-89(108-95)62-32-15-4-16-33-62)76(58-100)84(57-71)114-81-54-69(96-109-90(63-34-17-5-18-35-63)103-91(110-96)64-36-19-6-20-37-64)46-50-74(81)75-51-47-70(55-82(75)114)97-111-92(65-38-21-7-22-39-65)104-93(112-97)66-40-23-8-24-41-66/h1-57H. The number of benzene rings is 14. The van der Waals surface area contributed by atoms with Gasteiger partial charge in [-0.3, -0.25) is 0 Å². The molecule has 0 bridgehead atoms. The SMILES string of the molecule is N#Cc1c(-n2c3cc(-c4nc(-c5ccccc5)nc(-c5ccccc5)n4)ccc3c3ccc(-c4nc(-c5ccccc5)nc(-c5ccccc5)n4)cc32)cc(-c2c(F)cccc2F)cc1-n1c2cc(-c3nc(-c4ccccc4)nc(-c4ccccc4)n3)ccc2c2ccc(-c3nc(-c4ccccc4)nc(-c4ccccc4)n3)cc21. The summed E-state index contributed by atoms with van der Waals surface area (Å²) < 4.78 is 39.0. The second-order valence-corrected chi connectivity index (χ2v) is 27.3. The summed E-state index contributed by atoms with van der Waals surface area (Å²) in [5, 5.41) is 15.8. The quantitative estimate of drug-likeness (QED) is 0.0944. The summed E-state index contributed by atoms with van der Waals surface area (Å²) in [4.78, 5) is 61.9. The van der Waals surface area contributed by atoms with Crippen molar-refractivity contribution < 1.29 is 8.78 Å². The van der Waals surface area contributed by atoms with Crippen LogP contribution in [0.4, 0.5) is 8.78 Å². The molecule has 0 spiro atoms. The van der Waals surface area contributed by atoms with Gasteiger partial charge >= 0.3 is 0 Å². The van der Waals surface area contributed by atoms with E-state index >= 15 is 8.78 Å². The Bertz CT molecular complexity index is 6160. The molecule has 17 heteroatoms. The van der Waals surface area contributed by atoms with Gasteiger partial charge in [0.05, 0.1) is 39.0 Å². The van der Waals surface area contributed by atoms with E-state index in [2.05, 4.69) is 6.07 Å². The van der Waals surface area contributed by atoms with Gasteiger partial charge in [-0.1, -0.05) is 297 Å². The minimum atomic E-state index is -0.830. The molecule has 0 aliphatic rings. The van der Waals surface area contributed by atoms with Crippen molar-refractivity contribution in [3.63, 3.8) is 0 Å². The van der Waals surface area contributed by atoms with Gasteiger partial charge in [-0.25, -0.2) is 68.6 Å². The molecule has 20 aromatic rings. The van der Waals surface area contributed by atoms with E-state index in [1.807, 2.05) is 325 Å². The van der Waals surface area contributed by atoms with Crippen molar-refractivity contribution >= 4 is 43.6 Å². The van der Waals surface area contributed by atoms with E-state index in [1.54, 1.807) is 12.1 Å². The van der Waals surface area contributed by atoms with Crippen LogP contribution in [-0.2, 0) is 0 Å². The fourth-order valence-electron chi connectivity index (χ4n) is 14.9. The molecular formula is C97H57F2N15. The molecule has 0 atom stereocenters. The highest BCUT2D eigenvalue weighted by atomic mass is 19.1. The van der Waals surface area contributed by atoms with E-state index in [9.17, 15) is 5.26 Å². The molecule has 0 saturated carbocycles. The van der Waals surface area contributed by atoms with Crippen LogP contribution in [0.2, 0.25) is 0 Å². The first-order chi connectivity index (χ1) is 56.2. The van der Waals surface area contributed by atoms with Crippen molar-refractivity contribution in [1.82, 2.24) is 68.9 Å². The fourth-order valence-corrected chi connectivity index (χ4v) is 14.9. The predicted molar refractivity (Wildman–Crippen MR) is 444 cm³/mol. The minimum absolute atomic E-state index is 0.115. The molecule has 15 nitrogen and oxygen atoms in total. The second kappa shape index (κ2) is 28.6. The Morgan fingerprint density at radius 2 is 0.395 bits per heavy atom. The van der Waals surface area contributed by atoms with Gasteiger partial charge in [-0.05, 0) is 54.1 Å². The van der Waals surface area contributed by atoms with Crippen molar-refractivity contribution in [2.24, 2.45) is 0 Å². The lowest BCUT2D eigenvalue weighted by Gasteiger charge is -2.19. The average Bonchev–Trinajstić information content (AvgIpc) is 1.56. The summed E-state index contributed by atoms with van der Waals surface area (Å²) in [7, 11) is 0. The van der Waals surface area contributed by atoms with Crippen LogP contribution in [0, 0.1) is 23.0 Å². The third-order valence-corrected chi connectivity index (χ3v) is 20.3. The minimum Gasteiger partial charge on any atom is -0.308 e. The summed E-state index contributed by atoms with van der Waals surface area (Å²) in [6.45, 7) is 0. The Balaban J connectivity index is 0.900. The van der Waals surface area contributed by atoms with Crippen LogP contribution < -0.4 is 0 Å². The Morgan fingerprint density at radius 1 is 0.202 bits per heavy atom. The zero-order chi connectivity index (χ0) is 76.2. The fraction of sp³-hybridized carbons (Fsp3) is 0. The summed E-state index contributed by atoms with van der Waals surface area (Å²) in [5.41, 5.74) is 11.4. The Hall–Kier alpha value is -15.9. The van der Waals surface area contributed by atoms with Crippen LogP contribution in [0.15, 0.2) is 346 Å². The van der Waals surface area contributed by atoms with Crippen LogP contribution in [-0.4, -0.2) is 68.9 Å². The van der Waals surface area contributed by atoms with Crippen LogP contribution in [0.5, 0.6) is 0 Å². The molecule has 0 N–H and O–H groups in total. The van der Waals surface area contributed by atoms with E-state index in [4.69, 9.17) is 59.8 Å². The number of nitriles is 1. The van der Waals surface area contributed by atoms with Crippen LogP contribution >= 0.6 is 0 Å². The van der Waals surface area contributed by atoms with E-state index < -0.39 is 11.6 Å². The van der Waals surface area contributed by atoms with Gasteiger partial charge in [-0.2, -0.15) is 5.26 Å². The van der Waals surface area contributed by atoms with E-state index in [-0.39, 0.29) is 28.1 Å². The highest BCUT2D eigenvalue weighted by Gasteiger charge is 2.28. The number of aromatic nitrogens is 14. The Labute approximate surface area is 651 Å². The summed E-state index contributed by atoms with van der Waals surface area (Å²) in [5.74, 6) is 3.41. The smallest absolute Gasteiger partial charge is 0.164 e. The molecule has 0 fully saturated rings. The summed E-state index contributed by atoms with van der Waals surface area (Å²) in [6.07, 6.45) is 0. The molecule has 0 aliphatic carbocycles. The molecule has 0 radical (unpaired) electrons. The Morgan fingerprint density at radius 3 is 0.588 bits per heavy atom. The third-order valence-electron chi connectivity index (χ3n) is 20.3. The van der Waals surface area contributed by atoms with Crippen molar-refractivity contribution in [1.29, 1.82) is 5.26 Å². The molecule has 6 heterocycles. The van der Waals surface area contributed by atoms with Gasteiger partial charge in [0.25, 0.3) is 0 Å². The average molecular weight is 1470 g/mol. The maximum atomic E-state index is 17.5. The monoisotopic (exact) mass is 1470 g/mol. The molecule has 0 aliphatic heterocycles. The molecule has 0 saturated heterocycles. The summed E-state index contributed by atoms with van der Waals surface area (Å²) in [6, 6.07) is 112. The second-order valence-electron chi connectivity index (χ2n) is 27.3. The predicted octanol–water partition coefficient (Wildman–Crippen LogP) is 22.4. The topological polar surface area (TPSA) is 188 Å². The van der Waals surface area contributed by atoms with Gasteiger partial charge in [0, 0.05) is 88.3 Å². The van der Waals surface area contributed by atoms with E-state index in [0.717, 1.165) is 66.1 Å².